The van der Waals surface area contributed by atoms with Gasteiger partial charge in [0.15, 0.2) is 5.70 Å². The Bertz CT molecular complexity index is 1650. The second-order valence-electron chi connectivity index (χ2n) is 9.92. The molecule has 0 bridgehead atoms. The van der Waals surface area contributed by atoms with Gasteiger partial charge in [-0.25, -0.2) is 14.8 Å². The number of hydroxylamine groups is 2. The van der Waals surface area contributed by atoms with Gasteiger partial charge in [0.25, 0.3) is 5.56 Å². The topological polar surface area (TPSA) is 162 Å². The van der Waals surface area contributed by atoms with Crippen LogP contribution >= 0.6 is 35.0 Å². The smallest absolute Gasteiger partial charge is 0.354 e. The summed E-state index contributed by atoms with van der Waals surface area (Å²) in [5.41, 5.74) is 0.855. The predicted molar refractivity (Wildman–Crippen MR) is 167 cm³/mol. The van der Waals surface area contributed by atoms with Crippen LogP contribution in [0.1, 0.15) is 0 Å². The van der Waals surface area contributed by atoms with E-state index < -0.39 is 17.4 Å². The number of aliphatic carboxylic acids is 1. The molecule has 13 nitrogen and oxygen atoms in total. The van der Waals surface area contributed by atoms with Crippen LogP contribution in [0.4, 0.5) is 0 Å². The van der Waals surface area contributed by atoms with Crippen LogP contribution in [0.25, 0.3) is 22.3 Å². The lowest BCUT2D eigenvalue weighted by Crippen LogP contribution is -2.47. The average Bonchev–Trinajstić information content (AvgIpc) is 3.42. The molecule has 0 saturated carbocycles. The number of nitrogens with one attached hydrogen (secondary N) is 2. The third kappa shape index (κ3) is 8.08. The summed E-state index contributed by atoms with van der Waals surface area (Å²) in [5, 5.41) is 14.9. The third-order valence-corrected chi connectivity index (χ3v) is 8.65. The molecular formula is C29H30Cl2N4O9S. The Labute approximate surface area is 271 Å². The zero-order chi connectivity index (χ0) is 31.9. The minimum Gasteiger partial charge on any atom is -0.488 e. The minimum absolute atomic E-state index is 0.0652. The van der Waals surface area contributed by atoms with Gasteiger partial charge in [-0.05, 0) is 36.4 Å². The Morgan fingerprint density at radius 2 is 1.89 bits per heavy atom. The zero-order valence-electron chi connectivity index (χ0n) is 24.0. The van der Waals surface area contributed by atoms with Gasteiger partial charge in [0.1, 0.15) is 30.2 Å². The molecular weight excluding hydrogens is 651 g/mol. The number of fused-ring (bicyclic) bond motifs is 2. The van der Waals surface area contributed by atoms with Crippen molar-refractivity contribution in [1.82, 2.24) is 20.3 Å². The number of carboxylic acids is 1. The van der Waals surface area contributed by atoms with Crippen molar-refractivity contribution >= 4 is 57.7 Å². The Kier molecular flexibility index (Phi) is 11.2. The summed E-state index contributed by atoms with van der Waals surface area (Å²) in [6.45, 7) is 1.30. The largest absolute Gasteiger partial charge is 0.488 e. The van der Waals surface area contributed by atoms with E-state index in [1.54, 1.807) is 37.4 Å². The van der Waals surface area contributed by atoms with Crippen molar-refractivity contribution in [2.45, 2.75) is 11.4 Å². The molecule has 2 atom stereocenters. The molecule has 2 aromatic carbocycles. The zero-order valence-corrected chi connectivity index (χ0v) is 26.4. The molecule has 3 heterocycles. The number of carbonyl (C=O) groups is 2. The molecule has 1 amide bonds. The molecule has 3 N–H and O–H groups in total. The summed E-state index contributed by atoms with van der Waals surface area (Å²) in [7, 11) is 1.58. The van der Waals surface area contributed by atoms with E-state index in [2.05, 4.69) is 15.3 Å². The lowest BCUT2D eigenvalue weighted by atomic mass is 10.1. The minimum atomic E-state index is -1.20. The van der Waals surface area contributed by atoms with Crippen molar-refractivity contribution in [3.63, 3.8) is 0 Å². The van der Waals surface area contributed by atoms with Crippen LogP contribution in [0.3, 0.4) is 0 Å². The van der Waals surface area contributed by atoms with Crippen molar-refractivity contribution in [2.24, 2.45) is 0 Å². The predicted octanol–water partition coefficient (Wildman–Crippen LogP) is 3.10. The highest BCUT2D eigenvalue weighted by atomic mass is 35.5. The fourth-order valence-corrected chi connectivity index (χ4v) is 6.34. The van der Waals surface area contributed by atoms with Gasteiger partial charge >= 0.3 is 5.97 Å². The number of thioether (sulfide) groups is 1. The van der Waals surface area contributed by atoms with Gasteiger partial charge < -0.3 is 34.4 Å². The normalized spacial score (nSPS) is 17.9. The number of H-pyrrole nitrogens is 1. The molecule has 16 heteroatoms. The number of hydrogen-bond acceptors (Lipinski definition) is 11. The number of aromatic amines is 1. The number of carboxylic acid groups (broad SMARTS) is 1. The summed E-state index contributed by atoms with van der Waals surface area (Å²) < 4.78 is 21.7. The fourth-order valence-electron chi connectivity index (χ4n) is 4.73. The van der Waals surface area contributed by atoms with E-state index >= 15 is 0 Å². The molecule has 0 aliphatic carbocycles. The second kappa shape index (κ2) is 15.3. The van der Waals surface area contributed by atoms with Crippen molar-refractivity contribution in [3.05, 3.63) is 68.1 Å². The lowest BCUT2D eigenvalue weighted by Gasteiger charge is -2.33. The highest BCUT2D eigenvalue weighted by Crippen LogP contribution is 2.38. The Morgan fingerprint density at radius 1 is 1.13 bits per heavy atom. The molecule has 0 radical (unpaired) electrons. The molecule has 1 unspecified atom stereocenters. The summed E-state index contributed by atoms with van der Waals surface area (Å²) >= 11 is 13.7. The van der Waals surface area contributed by atoms with Gasteiger partial charge in [0.05, 0.1) is 55.5 Å². The first-order valence-electron chi connectivity index (χ1n) is 13.8. The van der Waals surface area contributed by atoms with E-state index in [1.807, 2.05) is 0 Å². The standard InChI is InChI=1S/C29H30Cl2N4O9S/c1-40-6-7-41-8-9-42-14-24(36)32-22-13-44-35-25(29(38)39)16(15-45-28(22)35)12-43-23-5-3-18(31)11-20(23)26-33-21-4-2-17(30)10-19(21)27(37)34-26/h2-5,10-11,22,28H,6-9,12-15H2,1H3,(H,32,36)(H,38,39)(H,33,34,37)/t22-,28?/m1/s1. The van der Waals surface area contributed by atoms with Gasteiger partial charge in [-0.2, -0.15) is 0 Å². The number of rotatable bonds is 14. The van der Waals surface area contributed by atoms with Crippen LogP contribution in [0.15, 0.2) is 52.5 Å². The van der Waals surface area contributed by atoms with E-state index in [0.717, 1.165) is 0 Å². The molecule has 45 heavy (non-hydrogen) atoms. The Morgan fingerprint density at radius 3 is 2.69 bits per heavy atom. The number of methoxy groups -OCH3 is 1. The number of hydrogen-bond donors (Lipinski definition) is 3. The number of amides is 1. The van der Waals surface area contributed by atoms with E-state index in [1.165, 1.54) is 22.9 Å². The van der Waals surface area contributed by atoms with Gasteiger partial charge in [0.2, 0.25) is 5.91 Å². The summed E-state index contributed by atoms with van der Waals surface area (Å²) in [6.07, 6.45) is 0. The van der Waals surface area contributed by atoms with Crippen LogP contribution in [0.2, 0.25) is 10.0 Å². The quantitative estimate of drug-likeness (QED) is 0.214. The van der Waals surface area contributed by atoms with Crippen LogP contribution in [0.5, 0.6) is 5.75 Å². The van der Waals surface area contributed by atoms with Crippen LogP contribution in [0, 0.1) is 0 Å². The van der Waals surface area contributed by atoms with Crippen molar-refractivity contribution < 1.29 is 38.5 Å². The summed E-state index contributed by atoms with van der Waals surface area (Å²) in [4.78, 5) is 50.7. The molecule has 2 aliphatic rings. The van der Waals surface area contributed by atoms with Gasteiger partial charge in [0, 0.05) is 28.5 Å². The SMILES string of the molecule is COCCOCCOCC(=O)N[C@@H]1CON2C(C(=O)O)=C(COc3ccc(Cl)cc3-c3nc4ccc(Cl)cc4c(=O)[nH]3)CSC12. The van der Waals surface area contributed by atoms with Crippen molar-refractivity contribution in [3.8, 4) is 17.1 Å². The first kappa shape index (κ1) is 33.0. The number of ether oxygens (including phenoxy) is 4. The molecule has 240 valence electrons. The number of halogens is 2. The monoisotopic (exact) mass is 680 g/mol. The van der Waals surface area contributed by atoms with E-state index in [0.29, 0.717) is 63.4 Å². The van der Waals surface area contributed by atoms with E-state index in [4.69, 9.17) is 47.0 Å². The number of nitrogens with zero attached hydrogens (tertiary/aromatic N) is 2. The molecule has 1 saturated heterocycles. The molecule has 3 aromatic rings. The Balaban J connectivity index is 1.26. The van der Waals surface area contributed by atoms with Gasteiger partial charge in [-0.3, -0.25) is 14.4 Å². The highest BCUT2D eigenvalue weighted by Gasteiger charge is 2.44. The molecule has 5 rings (SSSR count). The van der Waals surface area contributed by atoms with Crippen LogP contribution in [-0.4, -0.2) is 103 Å². The molecule has 0 spiro atoms. The number of aromatic nitrogens is 2. The van der Waals surface area contributed by atoms with Gasteiger partial charge in [-0.15, -0.1) is 11.8 Å². The lowest BCUT2D eigenvalue weighted by molar-refractivity contribution is -0.145. The van der Waals surface area contributed by atoms with Crippen molar-refractivity contribution in [1.29, 1.82) is 0 Å². The molecule has 1 fully saturated rings. The van der Waals surface area contributed by atoms with Crippen LogP contribution in [-0.2, 0) is 28.6 Å². The summed E-state index contributed by atoms with van der Waals surface area (Å²) in [5.74, 6) is -0.684. The maximum Gasteiger partial charge on any atom is 0.354 e. The second-order valence-corrected chi connectivity index (χ2v) is 11.9. The molecule has 2 aliphatic heterocycles. The number of carbonyl (C=O) groups excluding carboxylic acids is 1. The first-order chi connectivity index (χ1) is 21.7. The number of benzene rings is 2. The first-order valence-corrected chi connectivity index (χ1v) is 15.6. The maximum absolute atomic E-state index is 12.8. The Hall–Kier alpha value is -3.37. The fraction of sp³-hybridized carbons (Fsp3) is 0.379. The van der Waals surface area contributed by atoms with Gasteiger partial charge in [-0.1, -0.05) is 23.2 Å². The third-order valence-electron chi connectivity index (χ3n) is 6.80. The maximum atomic E-state index is 12.8. The molecule has 1 aromatic heterocycles. The average molecular weight is 682 g/mol. The van der Waals surface area contributed by atoms with Crippen molar-refractivity contribution in [2.75, 3.05) is 59.1 Å². The summed E-state index contributed by atoms with van der Waals surface area (Å²) in [6, 6.07) is 9.18. The van der Waals surface area contributed by atoms with Crippen LogP contribution < -0.4 is 15.6 Å². The van der Waals surface area contributed by atoms with E-state index in [9.17, 15) is 19.5 Å². The van der Waals surface area contributed by atoms with E-state index in [-0.39, 0.29) is 49.4 Å². The highest BCUT2D eigenvalue weighted by molar-refractivity contribution is 8.00.